The second kappa shape index (κ2) is 8.11. The van der Waals surface area contributed by atoms with Crippen LogP contribution in [0.2, 0.25) is 0 Å². The summed E-state index contributed by atoms with van der Waals surface area (Å²) < 4.78 is 0. The van der Waals surface area contributed by atoms with Crippen LogP contribution in [0.4, 0.5) is 17.1 Å². The van der Waals surface area contributed by atoms with Crippen LogP contribution in [-0.4, -0.2) is 60.9 Å². The van der Waals surface area contributed by atoms with E-state index in [1.54, 1.807) is 23.1 Å². The van der Waals surface area contributed by atoms with E-state index in [0.29, 0.717) is 24.2 Å². The molecule has 0 saturated carbocycles. The molecule has 0 bridgehead atoms. The molecule has 0 aliphatic carbocycles. The fourth-order valence-electron chi connectivity index (χ4n) is 4.02. The second-order valence-electron chi connectivity index (χ2n) is 7.54. The van der Waals surface area contributed by atoms with Crippen molar-refractivity contribution in [2.24, 2.45) is 5.73 Å². The number of nitro groups is 1. The van der Waals surface area contributed by atoms with Gasteiger partial charge in [0.1, 0.15) is 0 Å². The number of anilines is 2. The van der Waals surface area contributed by atoms with Crippen molar-refractivity contribution in [1.29, 1.82) is 0 Å². The largest absolute Gasteiger partial charge is 0.369 e. The number of amides is 2. The summed E-state index contributed by atoms with van der Waals surface area (Å²) in [6.45, 7) is 3.85. The van der Waals surface area contributed by atoms with Crippen molar-refractivity contribution in [1.82, 2.24) is 4.90 Å². The van der Waals surface area contributed by atoms with Crippen molar-refractivity contribution in [3.05, 3.63) is 63.7 Å². The van der Waals surface area contributed by atoms with Gasteiger partial charge in [-0.25, -0.2) is 0 Å². The molecule has 0 radical (unpaired) electrons. The fourth-order valence-corrected chi connectivity index (χ4v) is 4.02. The summed E-state index contributed by atoms with van der Waals surface area (Å²) in [6.07, 6.45) is 0.716. The molecule has 0 aromatic heterocycles. The van der Waals surface area contributed by atoms with Crippen molar-refractivity contribution >= 4 is 28.9 Å². The molecule has 4 rings (SSSR count). The molecule has 9 nitrogen and oxygen atoms in total. The summed E-state index contributed by atoms with van der Waals surface area (Å²) in [4.78, 5) is 40.7. The predicted molar refractivity (Wildman–Crippen MR) is 113 cm³/mol. The highest BCUT2D eigenvalue weighted by Crippen LogP contribution is 2.31. The Morgan fingerprint density at radius 3 is 2.33 bits per heavy atom. The molecule has 2 amide bonds. The van der Waals surface area contributed by atoms with Gasteiger partial charge in [-0.1, -0.05) is 6.07 Å². The molecular weight excluding hydrogens is 386 g/mol. The highest BCUT2D eigenvalue weighted by molar-refractivity contribution is 5.97. The number of primary amides is 1. The minimum Gasteiger partial charge on any atom is -0.369 e. The lowest BCUT2D eigenvalue weighted by atomic mass is 10.1. The number of fused-ring (bicyclic) bond motifs is 1. The molecule has 2 heterocycles. The monoisotopic (exact) mass is 409 g/mol. The Hall–Kier alpha value is -3.46. The third-order valence-corrected chi connectivity index (χ3v) is 5.72. The zero-order valence-electron chi connectivity index (χ0n) is 16.5. The zero-order valence-corrected chi connectivity index (χ0v) is 16.5. The maximum absolute atomic E-state index is 12.9. The maximum atomic E-state index is 12.9. The van der Waals surface area contributed by atoms with Crippen LogP contribution >= 0.6 is 0 Å². The first-order valence-corrected chi connectivity index (χ1v) is 9.87. The van der Waals surface area contributed by atoms with E-state index >= 15 is 0 Å². The molecular formula is C21H23N5O4. The molecule has 2 aliphatic heterocycles. The Morgan fingerprint density at radius 2 is 1.70 bits per heavy atom. The highest BCUT2D eigenvalue weighted by atomic mass is 16.6. The number of nitrogens with two attached hydrogens (primary N) is 1. The molecule has 2 aromatic carbocycles. The van der Waals surface area contributed by atoms with Crippen LogP contribution in [0, 0.1) is 10.1 Å². The number of hydrogen-bond acceptors (Lipinski definition) is 6. The van der Waals surface area contributed by atoms with Crippen LogP contribution < -0.4 is 15.5 Å². The van der Waals surface area contributed by atoms with Crippen molar-refractivity contribution in [3.63, 3.8) is 0 Å². The van der Waals surface area contributed by atoms with Gasteiger partial charge in [0.2, 0.25) is 11.8 Å². The molecule has 156 valence electrons. The number of hydrogen-bond donors (Lipinski definition) is 1. The Balaban J connectivity index is 1.35. The van der Waals surface area contributed by atoms with Crippen molar-refractivity contribution in [2.75, 3.05) is 49.1 Å². The number of carbonyl (C=O) groups is 2. The number of carbonyl (C=O) groups excluding carboxylic acids is 2. The lowest BCUT2D eigenvalue weighted by Crippen LogP contribution is -2.50. The number of nitro benzene ring substituents is 1. The van der Waals surface area contributed by atoms with Gasteiger partial charge in [0.15, 0.2) is 0 Å². The molecule has 2 aromatic rings. The maximum Gasteiger partial charge on any atom is 0.271 e. The summed E-state index contributed by atoms with van der Waals surface area (Å²) in [5.41, 5.74) is 8.41. The van der Waals surface area contributed by atoms with Gasteiger partial charge in [-0.05, 0) is 36.2 Å². The van der Waals surface area contributed by atoms with E-state index in [2.05, 4.69) is 9.80 Å². The first-order valence-electron chi connectivity index (χ1n) is 9.87. The lowest BCUT2D eigenvalue weighted by Gasteiger charge is -2.36. The smallest absolute Gasteiger partial charge is 0.271 e. The number of nitrogens with zero attached hydrogens (tertiary/aromatic N) is 4. The predicted octanol–water partition coefficient (Wildman–Crippen LogP) is 1.40. The molecule has 30 heavy (non-hydrogen) atoms. The molecule has 1 saturated heterocycles. The standard InChI is InChI=1S/C21H23N5O4/c22-21(28)16-2-4-17(5-3-16)24-11-9-23(10-12-24)14-20(27)25-8-7-15-1-6-18(26(29)30)13-19(15)25/h1-6,13H,7-12,14H2,(H2,22,28). The molecule has 2 N–H and O–H groups in total. The van der Waals surface area contributed by atoms with Gasteiger partial charge in [-0.3, -0.25) is 24.6 Å². The third kappa shape index (κ3) is 3.97. The van der Waals surface area contributed by atoms with Crippen LogP contribution in [0.25, 0.3) is 0 Å². The number of benzene rings is 2. The summed E-state index contributed by atoms with van der Waals surface area (Å²) in [6, 6.07) is 11.9. The first kappa shape index (κ1) is 19.8. The topological polar surface area (TPSA) is 113 Å². The van der Waals surface area contributed by atoms with E-state index in [-0.39, 0.29) is 18.1 Å². The van der Waals surface area contributed by atoms with Crippen LogP contribution in [-0.2, 0) is 11.2 Å². The first-order chi connectivity index (χ1) is 14.4. The molecule has 2 aliphatic rings. The van der Waals surface area contributed by atoms with Crippen molar-refractivity contribution in [3.8, 4) is 0 Å². The summed E-state index contributed by atoms with van der Waals surface area (Å²) >= 11 is 0. The third-order valence-electron chi connectivity index (χ3n) is 5.72. The van der Waals surface area contributed by atoms with E-state index in [1.807, 2.05) is 12.1 Å². The number of piperazine rings is 1. The van der Waals surface area contributed by atoms with E-state index in [4.69, 9.17) is 5.73 Å². The summed E-state index contributed by atoms with van der Waals surface area (Å²) in [7, 11) is 0. The van der Waals surface area contributed by atoms with E-state index in [0.717, 1.165) is 37.4 Å². The van der Waals surface area contributed by atoms with Gasteiger partial charge < -0.3 is 15.5 Å². The minimum atomic E-state index is -0.446. The van der Waals surface area contributed by atoms with Crippen LogP contribution in [0.3, 0.4) is 0 Å². The van der Waals surface area contributed by atoms with E-state index < -0.39 is 10.8 Å². The van der Waals surface area contributed by atoms with Gasteiger partial charge in [0, 0.05) is 56.1 Å². The van der Waals surface area contributed by atoms with Crippen LogP contribution in [0.15, 0.2) is 42.5 Å². The van der Waals surface area contributed by atoms with Crippen molar-refractivity contribution in [2.45, 2.75) is 6.42 Å². The van der Waals surface area contributed by atoms with Gasteiger partial charge in [-0.2, -0.15) is 0 Å². The molecule has 1 fully saturated rings. The highest BCUT2D eigenvalue weighted by Gasteiger charge is 2.28. The zero-order chi connectivity index (χ0) is 21.3. The normalized spacial score (nSPS) is 16.4. The van der Waals surface area contributed by atoms with Gasteiger partial charge in [0.25, 0.3) is 5.69 Å². The Kier molecular flexibility index (Phi) is 5.37. The SMILES string of the molecule is NC(=O)c1ccc(N2CCN(CC(=O)N3CCc4ccc([N+](=O)[O-])cc43)CC2)cc1. The molecule has 0 atom stereocenters. The Labute approximate surface area is 173 Å². The molecule has 0 unspecified atom stereocenters. The van der Waals surface area contributed by atoms with Gasteiger partial charge in [0.05, 0.1) is 17.2 Å². The molecule has 0 spiro atoms. The van der Waals surface area contributed by atoms with E-state index in [1.165, 1.54) is 12.1 Å². The fraction of sp³-hybridized carbons (Fsp3) is 0.333. The van der Waals surface area contributed by atoms with E-state index in [9.17, 15) is 19.7 Å². The lowest BCUT2D eigenvalue weighted by molar-refractivity contribution is -0.384. The quantitative estimate of drug-likeness (QED) is 0.590. The second-order valence-corrected chi connectivity index (χ2v) is 7.54. The number of rotatable bonds is 5. The average molecular weight is 409 g/mol. The molecule has 9 heteroatoms. The Bertz CT molecular complexity index is 983. The van der Waals surface area contributed by atoms with Gasteiger partial charge >= 0.3 is 0 Å². The number of non-ortho nitro benzene ring substituents is 1. The van der Waals surface area contributed by atoms with Crippen LogP contribution in [0.5, 0.6) is 0 Å². The summed E-state index contributed by atoms with van der Waals surface area (Å²) in [5.74, 6) is -0.479. The average Bonchev–Trinajstić information content (AvgIpc) is 3.18. The Morgan fingerprint density at radius 1 is 1.00 bits per heavy atom. The van der Waals surface area contributed by atoms with Crippen molar-refractivity contribution < 1.29 is 14.5 Å². The van der Waals surface area contributed by atoms with Gasteiger partial charge in [-0.15, -0.1) is 0 Å². The van der Waals surface area contributed by atoms with Crippen LogP contribution in [0.1, 0.15) is 15.9 Å². The summed E-state index contributed by atoms with van der Waals surface area (Å²) in [5, 5.41) is 11.1. The minimum absolute atomic E-state index is 0.00409.